The number of hydrogen-bond acceptors (Lipinski definition) is 4. The van der Waals surface area contributed by atoms with E-state index in [1.807, 2.05) is 18.2 Å². The minimum atomic E-state index is -0.462. The van der Waals surface area contributed by atoms with Gasteiger partial charge in [-0.3, -0.25) is 4.90 Å². The van der Waals surface area contributed by atoms with Gasteiger partial charge >= 0.3 is 0 Å². The number of benzene rings is 1. The van der Waals surface area contributed by atoms with Crippen molar-refractivity contribution >= 4 is 11.3 Å². The molecule has 0 aliphatic heterocycles. The minimum absolute atomic E-state index is 0.0550. The SMILES string of the molecule is OCCN(Cc1ccsc1)[C@@H]1Cc2ccccc2[C@@H]1O. The van der Waals surface area contributed by atoms with E-state index in [0.29, 0.717) is 6.54 Å². The number of aliphatic hydroxyl groups is 2. The molecule has 3 rings (SSSR count). The van der Waals surface area contributed by atoms with Gasteiger partial charge in [0.25, 0.3) is 0 Å². The Kier molecular flexibility index (Phi) is 4.17. The molecule has 2 atom stereocenters. The number of hydrogen-bond donors (Lipinski definition) is 2. The van der Waals surface area contributed by atoms with Crippen LogP contribution in [-0.4, -0.2) is 34.3 Å². The Morgan fingerprint density at radius 3 is 2.80 bits per heavy atom. The average molecular weight is 289 g/mol. The van der Waals surface area contributed by atoms with E-state index in [0.717, 1.165) is 18.5 Å². The van der Waals surface area contributed by atoms with E-state index >= 15 is 0 Å². The van der Waals surface area contributed by atoms with Crippen LogP contribution in [0.15, 0.2) is 41.1 Å². The Morgan fingerprint density at radius 2 is 2.10 bits per heavy atom. The van der Waals surface area contributed by atoms with Crippen molar-refractivity contribution in [2.24, 2.45) is 0 Å². The van der Waals surface area contributed by atoms with E-state index in [4.69, 9.17) is 0 Å². The highest BCUT2D eigenvalue weighted by molar-refractivity contribution is 7.07. The molecule has 20 heavy (non-hydrogen) atoms. The van der Waals surface area contributed by atoms with E-state index in [2.05, 4.69) is 27.8 Å². The molecule has 106 valence electrons. The molecule has 0 radical (unpaired) electrons. The first-order valence-electron chi connectivity index (χ1n) is 6.91. The van der Waals surface area contributed by atoms with Crippen molar-refractivity contribution in [3.05, 3.63) is 57.8 Å². The predicted octanol–water partition coefficient (Wildman–Crippen LogP) is 2.20. The summed E-state index contributed by atoms with van der Waals surface area (Å²) in [5.41, 5.74) is 3.50. The van der Waals surface area contributed by atoms with Gasteiger partial charge in [-0.2, -0.15) is 11.3 Å². The highest BCUT2D eigenvalue weighted by atomic mass is 32.1. The van der Waals surface area contributed by atoms with Crippen LogP contribution >= 0.6 is 11.3 Å². The summed E-state index contributed by atoms with van der Waals surface area (Å²) in [6.45, 7) is 1.48. The molecule has 4 heteroatoms. The van der Waals surface area contributed by atoms with E-state index < -0.39 is 6.10 Å². The molecule has 0 saturated heterocycles. The maximum absolute atomic E-state index is 10.5. The number of aliphatic hydroxyl groups excluding tert-OH is 2. The zero-order chi connectivity index (χ0) is 13.9. The van der Waals surface area contributed by atoms with Crippen LogP contribution in [0.2, 0.25) is 0 Å². The summed E-state index contributed by atoms with van der Waals surface area (Å²) < 4.78 is 0. The lowest BCUT2D eigenvalue weighted by atomic mass is 10.1. The van der Waals surface area contributed by atoms with Crippen molar-refractivity contribution in [1.82, 2.24) is 4.90 Å². The van der Waals surface area contributed by atoms with E-state index in [-0.39, 0.29) is 12.6 Å². The Morgan fingerprint density at radius 1 is 1.25 bits per heavy atom. The molecule has 0 unspecified atom stereocenters. The Bertz CT molecular complexity index is 555. The topological polar surface area (TPSA) is 43.7 Å². The fourth-order valence-electron chi connectivity index (χ4n) is 2.99. The maximum Gasteiger partial charge on any atom is 0.0951 e. The molecule has 1 aromatic carbocycles. The second kappa shape index (κ2) is 6.06. The highest BCUT2D eigenvalue weighted by Crippen LogP contribution is 2.34. The average Bonchev–Trinajstić information content (AvgIpc) is 3.07. The molecule has 1 heterocycles. The van der Waals surface area contributed by atoms with Crippen LogP contribution in [0.5, 0.6) is 0 Å². The minimum Gasteiger partial charge on any atom is -0.395 e. The quantitative estimate of drug-likeness (QED) is 0.887. The Labute approximate surface area is 123 Å². The van der Waals surface area contributed by atoms with Crippen LogP contribution in [0, 0.1) is 0 Å². The van der Waals surface area contributed by atoms with Crippen molar-refractivity contribution in [3.8, 4) is 0 Å². The first-order valence-corrected chi connectivity index (χ1v) is 7.85. The van der Waals surface area contributed by atoms with Crippen LogP contribution in [0.4, 0.5) is 0 Å². The van der Waals surface area contributed by atoms with E-state index in [1.54, 1.807) is 11.3 Å². The van der Waals surface area contributed by atoms with Crippen LogP contribution < -0.4 is 0 Å². The second-order valence-electron chi connectivity index (χ2n) is 5.24. The Balaban J connectivity index is 1.79. The fourth-order valence-corrected chi connectivity index (χ4v) is 3.65. The standard InChI is InChI=1S/C16H19NO2S/c18-7-6-17(10-12-5-8-20-11-12)15-9-13-3-1-2-4-14(13)16(15)19/h1-5,8,11,15-16,18-19H,6-7,9-10H2/t15-,16+/m1/s1. The van der Waals surface area contributed by atoms with Gasteiger partial charge in [-0.05, 0) is 39.9 Å². The summed E-state index contributed by atoms with van der Waals surface area (Å²) >= 11 is 1.68. The molecule has 2 aromatic rings. The van der Waals surface area contributed by atoms with Crippen molar-refractivity contribution < 1.29 is 10.2 Å². The van der Waals surface area contributed by atoms with Gasteiger partial charge in [0.2, 0.25) is 0 Å². The molecule has 0 spiro atoms. The zero-order valence-electron chi connectivity index (χ0n) is 11.3. The predicted molar refractivity (Wildman–Crippen MR) is 80.7 cm³/mol. The third-order valence-corrected chi connectivity index (χ3v) is 4.72. The van der Waals surface area contributed by atoms with Gasteiger partial charge in [-0.25, -0.2) is 0 Å². The van der Waals surface area contributed by atoms with Gasteiger partial charge in [-0.1, -0.05) is 24.3 Å². The van der Waals surface area contributed by atoms with Gasteiger partial charge in [0, 0.05) is 19.1 Å². The molecule has 3 nitrogen and oxygen atoms in total. The van der Waals surface area contributed by atoms with Crippen LogP contribution in [0.25, 0.3) is 0 Å². The van der Waals surface area contributed by atoms with Gasteiger partial charge in [0.05, 0.1) is 12.7 Å². The lowest BCUT2D eigenvalue weighted by Crippen LogP contribution is -2.39. The lowest BCUT2D eigenvalue weighted by molar-refractivity contribution is 0.0453. The summed E-state index contributed by atoms with van der Waals surface area (Å²) in [5, 5.41) is 24.0. The molecule has 0 amide bonds. The van der Waals surface area contributed by atoms with Crippen molar-refractivity contribution in [2.75, 3.05) is 13.2 Å². The fraction of sp³-hybridized carbons (Fsp3) is 0.375. The molecule has 1 aliphatic carbocycles. The first-order chi connectivity index (χ1) is 9.79. The Hall–Kier alpha value is -1.20. The zero-order valence-corrected chi connectivity index (χ0v) is 12.1. The summed E-state index contributed by atoms with van der Waals surface area (Å²) in [6, 6.07) is 10.2. The number of thiophene rings is 1. The summed E-state index contributed by atoms with van der Waals surface area (Å²) in [7, 11) is 0. The van der Waals surface area contributed by atoms with E-state index in [9.17, 15) is 10.2 Å². The first kappa shape index (κ1) is 13.8. The van der Waals surface area contributed by atoms with Crippen molar-refractivity contribution in [1.29, 1.82) is 0 Å². The highest BCUT2D eigenvalue weighted by Gasteiger charge is 2.34. The smallest absolute Gasteiger partial charge is 0.0951 e. The molecular formula is C16H19NO2S. The number of rotatable bonds is 5. The largest absolute Gasteiger partial charge is 0.395 e. The molecule has 0 fully saturated rings. The van der Waals surface area contributed by atoms with Gasteiger partial charge in [0.1, 0.15) is 0 Å². The van der Waals surface area contributed by atoms with Crippen LogP contribution in [0.3, 0.4) is 0 Å². The molecule has 2 N–H and O–H groups in total. The molecular weight excluding hydrogens is 270 g/mol. The van der Waals surface area contributed by atoms with E-state index in [1.165, 1.54) is 11.1 Å². The van der Waals surface area contributed by atoms with Crippen LogP contribution in [-0.2, 0) is 13.0 Å². The summed E-state index contributed by atoms with van der Waals surface area (Å²) in [4.78, 5) is 2.19. The van der Waals surface area contributed by atoms with Gasteiger partial charge < -0.3 is 10.2 Å². The number of nitrogens with zero attached hydrogens (tertiary/aromatic N) is 1. The van der Waals surface area contributed by atoms with Gasteiger partial charge in [-0.15, -0.1) is 0 Å². The number of fused-ring (bicyclic) bond motifs is 1. The molecule has 1 aromatic heterocycles. The second-order valence-corrected chi connectivity index (χ2v) is 6.02. The van der Waals surface area contributed by atoms with Gasteiger partial charge in [0.15, 0.2) is 0 Å². The third kappa shape index (κ3) is 2.65. The molecule has 0 bridgehead atoms. The third-order valence-electron chi connectivity index (χ3n) is 3.99. The monoisotopic (exact) mass is 289 g/mol. The molecule has 1 aliphatic rings. The summed E-state index contributed by atoms with van der Waals surface area (Å²) in [5.74, 6) is 0. The molecule has 0 saturated carbocycles. The van der Waals surface area contributed by atoms with Crippen molar-refractivity contribution in [3.63, 3.8) is 0 Å². The van der Waals surface area contributed by atoms with Crippen molar-refractivity contribution in [2.45, 2.75) is 25.1 Å². The lowest BCUT2D eigenvalue weighted by Gasteiger charge is -2.30. The normalized spacial score (nSPS) is 21.4. The van der Waals surface area contributed by atoms with Crippen LogP contribution in [0.1, 0.15) is 22.8 Å². The maximum atomic E-state index is 10.5. The summed E-state index contributed by atoms with van der Waals surface area (Å²) in [6.07, 6.45) is 0.387.